The van der Waals surface area contributed by atoms with Gasteiger partial charge in [-0.3, -0.25) is 9.48 Å². The van der Waals surface area contributed by atoms with Gasteiger partial charge in [0.2, 0.25) is 0 Å². The predicted octanol–water partition coefficient (Wildman–Crippen LogP) is 2.07. The molecular weight excluding hydrogens is 280 g/mol. The standard InChI is InChI=1S/C12H16N4O3S/c1-7(2)5-16-8(3)4-9(15-16)11-13-14-12(19-11)20-6-10(17)18/h4,7H,5-6H2,1-3H3,(H,17,18). The Labute approximate surface area is 120 Å². The average Bonchev–Trinajstić information content (AvgIpc) is 2.94. The summed E-state index contributed by atoms with van der Waals surface area (Å²) in [5, 5.41) is 20.9. The molecule has 0 aromatic carbocycles. The average molecular weight is 296 g/mol. The van der Waals surface area contributed by atoms with Gasteiger partial charge in [0, 0.05) is 12.2 Å². The second-order valence-electron chi connectivity index (χ2n) is 4.80. The van der Waals surface area contributed by atoms with E-state index in [2.05, 4.69) is 29.1 Å². The molecule has 8 heteroatoms. The third-order valence-corrected chi connectivity index (χ3v) is 3.27. The summed E-state index contributed by atoms with van der Waals surface area (Å²) in [5.74, 6) is -0.233. The lowest BCUT2D eigenvalue weighted by Crippen LogP contribution is -2.07. The summed E-state index contributed by atoms with van der Waals surface area (Å²) in [5.41, 5.74) is 1.63. The largest absolute Gasteiger partial charge is 0.481 e. The molecule has 20 heavy (non-hydrogen) atoms. The Hall–Kier alpha value is -1.83. The van der Waals surface area contributed by atoms with Crippen LogP contribution in [0.5, 0.6) is 0 Å². The molecule has 2 aromatic heterocycles. The number of aryl methyl sites for hydroxylation is 1. The number of rotatable bonds is 6. The number of carbonyl (C=O) groups is 1. The van der Waals surface area contributed by atoms with Gasteiger partial charge in [0.1, 0.15) is 11.4 Å². The van der Waals surface area contributed by atoms with Crippen molar-refractivity contribution >= 4 is 17.7 Å². The molecule has 0 radical (unpaired) electrons. The summed E-state index contributed by atoms with van der Waals surface area (Å²) < 4.78 is 7.29. The smallest absolute Gasteiger partial charge is 0.314 e. The molecule has 0 bridgehead atoms. The molecular formula is C12H16N4O3S. The first-order valence-corrected chi connectivity index (χ1v) is 7.17. The van der Waals surface area contributed by atoms with Crippen LogP contribution in [-0.4, -0.2) is 36.8 Å². The fourth-order valence-electron chi connectivity index (χ4n) is 1.64. The van der Waals surface area contributed by atoms with Crippen molar-refractivity contribution in [3.8, 4) is 11.6 Å². The van der Waals surface area contributed by atoms with Gasteiger partial charge in [-0.2, -0.15) is 5.10 Å². The Morgan fingerprint density at radius 2 is 2.25 bits per heavy atom. The molecule has 0 saturated heterocycles. The minimum absolute atomic E-state index is 0.109. The lowest BCUT2D eigenvalue weighted by molar-refractivity contribution is -0.133. The van der Waals surface area contributed by atoms with E-state index in [-0.39, 0.29) is 11.0 Å². The zero-order valence-corrected chi connectivity index (χ0v) is 12.3. The Morgan fingerprint density at radius 1 is 1.50 bits per heavy atom. The maximum absolute atomic E-state index is 10.5. The van der Waals surface area contributed by atoms with Crippen LogP contribution in [0.1, 0.15) is 19.5 Å². The Kier molecular flexibility index (Phi) is 4.43. The van der Waals surface area contributed by atoms with Crippen LogP contribution >= 0.6 is 11.8 Å². The zero-order valence-electron chi connectivity index (χ0n) is 11.5. The summed E-state index contributed by atoms with van der Waals surface area (Å²) in [7, 11) is 0. The Morgan fingerprint density at radius 3 is 2.90 bits per heavy atom. The van der Waals surface area contributed by atoms with Gasteiger partial charge in [-0.15, -0.1) is 10.2 Å². The summed E-state index contributed by atoms with van der Waals surface area (Å²) in [6.07, 6.45) is 0. The molecule has 7 nitrogen and oxygen atoms in total. The minimum Gasteiger partial charge on any atom is -0.481 e. The highest BCUT2D eigenvalue weighted by atomic mass is 32.2. The van der Waals surface area contributed by atoms with Gasteiger partial charge in [-0.25, -0.2) is 0 Å². The van der Waals surface area contributed by atoms with Crippen molar-refractivity contribution in [2.75, 3.05) is 5.75 Å². The number of aliphatic carboxylic acids is 1. The van der Waals surface area contributed by atoms with Crippen LogP contribution in [0, 0.1) is 12.8 Å². The molecule has 2 heterocycles. The molecule has 0 aliphatic heterocycles. The van der Waals surface area contributed by atoms with Gasteiger partial charge in [0.25, 0.3) is 11.1 Å². The van der Waals surface area contributed by atoms with E-state index >= 15 is 0 Å². The maximum atomic E-state index is 10.5. The quantitative estimate of drug-likeness (QED) is 0.815. The van der Waals surface area contributed by atoms with Crippen molar-refractivity contribution in [3.63, 3.8) is 0 Å². The third kappa shape index (κ3) is 3.60. The first-order valence-electron chi connectivity index (χ1n) is 6.18. The van der Waals surface area contributed by atoms with E-state index in [0.29, 0.717) is 17.5 Å². The van der Waals surface area contributed by atoms with E-state index in [1.54, 1.807) is 0 Å². The van der Waals surface area contributed by atoms with Crippen LogP contribution in [0.2, 0.25) is 0 Å². The summed E-state index contributed by atoms with van der Waals surface area (Å²) in [6.45, 7) is 7.03. The number of carboxylic acid groups (broad SMARTS) is 1. The predicted molar refractivity (Wildman–Crippen MR) is 73.5 cm³/mol. The Balaban J connectivity index is 2.13. The number of hydrogen-bond acceptors (Lipinski definition) is 6. The molecule has 0 aliphatic rings. The van der Waals surface area contributed by atoms with Gasteiger partial charge < -0.3 is 9.52 Å². The van der Waals surface area contributed by atoms with Crippen LogP contribution in [0.15, 0.2) is 15.7 Å². The van der Waals surface area contributed by atoms with Crippen LogP contribution < -0.4 is 0 Å². The molecule has 0 spiro atoms. The highest BCUT2D eigenvalue weighted by Gasteiger charge is 2.15. The lowest BCUT2D eigenvalue weighted by atomic mass is 10.2. The monoisotopic (exact) mass is 296 g/mol. The SMILES string of the molecule is Cc1cc(-c2nnc(SCC(=O)O)o2)nn1CC(C)C. The van der Waals surface area contributed by atoms with Gasteiger partial charge >= 0.3 is 5.97 Å². The van der Waals surface area contributed by atoms with E-state index in [1.807, 2.05) is 17.7 Å². The van der Waals surface area contributed by atoms with Crippen molar-refractivity contribution < 1.29 is 14.3 Å². The molecule has 0 atom stereocenters. The fraction of sp³-hybridized carbons (Fsp3) is 0.500. The van der Waals surface area contributed by atoms with Gasteiger partial charge in [0.05, 0.1) is 0 Å². The van der Waals surface area contributed by atoms with Crippen LogP contribution in [0.4, 0.5) is 0 Å². The Bertz CT molecular complexity index is 606. The third-order valence-electron chi connectivity index (χ3n) is 2.46. The van der Waals surface area contributed by atoms with Gasteiger partial charge in [-0.1, -0.05) is 25.6 Å². The second kappa shape index (κ2) is 6.08. The summed E-state index contributed by atoms with van der Waals surface area (Å²) in [6, 6.07) is 1.88. The molecule has 2 rings (SSSR count). The topological polar surface area (TPSA) is 94.0 Å². The van der Waals surface area contributed by atoms with Crippen molar-refractivity contribution in [1.29, 1.82) is 0 Å². The number of thioether (sulfide) groups is 1. The van der Waals surface area contributed by atoms with Crippen molar-refractivity contribution in [2.45, 2.75) is 32.5 Å². The van der Waals surface area contributed by atoms with E-state index in [4.69, 9.17) is 9.52 Å². The molecule has 0 unspecified atom stereocenters. The minimum atomic E-state index is -0.924. The highest BCUT2D eigenvalue weighted by Crippen LogP contribution is 2.23. The van der Waals surface area contributed by atoms with Crippen LogP contribution in [0.3, 0.4) is 0 Å². The maximum Gasteiger partial charge on any atom is 0.314 e. The van der Waals surface area contributed by atoms with Crippen LogP contribution in [0.25, 0.3) is 11.6 Å². The normalized spacial score (nSPS) is 11.2. The van der Waals surface area contributed by atoms with Gasteiger partial charge in [-0.05, 0) is 18.9 Å². The number of hydrogen-bond donors (Lipinski definition) is 1. The first-order chi connectivity index (χ1) is 9.45. The van der Waals surface area contributed by atoms with Crippen LogP contribution in [-0.2, 0) is 11.3 Å². The fourth-order valence-corrected chi connectivity index (χ4v) is 2.12. The van der Waals surface area contributed by atoms with E-state index in [9.17, 15) is 4.79 Å². The first kappa shape index (κ1) is 14.6. The van der Waals surface area contributed by atoms with Crippen molar-refractivity contribution in [2.24, 2.45) is 5.92 Å². The molecule has 108 valence electrons. The molecule has 0 fully saturated rings. The highest BCUT2D eigenvalue weighted by molar-refractivity contribution is 7.99. The van der Waals surface area contributed by atoms with Gasteiger partial charge in [0.15, 0.2) is 0 Å². The summed E-state index contributed by atoms with van der Waals surface area (Å²) in [4.78, 5) is 10.5. The van der Waals surface area contributed by atoms with E-state index < -0.39 is 5.97 Å². The number of nitrogens with zero attached hydrogens (tertiary/aromatic N) is 4. The molecule has 0 aliphatic carbocycles. The second-order valence-corrected chi connectivity index (χ2v) is 5.73. The zero-order chi connectivity index (χ0) is 14.7. The van der Waals surface area contributed by atoms with E-state index in [0.717, 1.165) is 24.0 Å². The lowest BCUT2D eigenvalue weighted by Gasteiger charge is -2.06. The van der Waals surface area contributed by atoms with Crippen molar-refractivity contribution in [3.05, 3.63) is 11.8 Å². The molecule has 0 amide bonds. The number of carboxylic acids is 1. The molecule has 2 aromatic rings. The molecule has 1 N–H and O–H groups in total. The summed E-state index contributed by atoms with van der Waals surface area (Å²) >= 11 is 0.991. The number of aromatic nitrogens is 4. The molecule has 0 saturated carbocycles. The van der Waals surface area contributed by atoms with E-state index in [1.165, 1.54) is 0 Å². The van der Waals surface area contributed by atoms with Crippen molar-refractivity contribution in [1.82, 2.24) is 20.0 Å².